The summed E-state index contributed by atoms with van der Waals surface area (Å²) in [6, 6.07) is 7.33. The van der Waals surface area contributed by atoms with Crippen LogP contribution in [0.25, 0.3) is 11.0 Å². The lowest BCUT2D eigenvalue weighted by molar-refractivity contribution is -0.123. The van der Waals surface area contributed by atoms with Crippen LogP contribution in [0.4, 0.5) is 0 Å². The molecule has 0 aliphatic heterocycles. The highest BCUT2D eigenvalue weighted by Crippen LogP contribution is 2.29. The Bertz CT molecular complexity index is 1010. The Kier molecular flexibility index (Phi) is 5.02. The normalized spacial score (nSPS) is 10.7. The van der Waals surface area contributed by atoms with Crippen LogP contribution >= 0.6 is 0 Å². The van der Waals surface area contributed by atoms with E-state index in [1.165, 1.54) is 0 Å². The summed E-state index contributed by atoms with van der Waals surface area (Å²) in [6.45, 7) is 5.71. The molecule has 0 spiro atoms. The van der Waals surface area contributed by atoms with Gasteiger partial charge in [0.05, 0.1) is 0 Å². The molecule has 6 heteroatoms. The van der Waals surface area contributed by atoms with Crippen molar-refractivity contribution in [3.63, 3.8) is 0 Å². The maximum Gasteiger partial charge on any atom is 0.339 e. The van der Waals surface area contributed by atoms with Gasteiger partial charge in [0.2, 0.25) is 0 Å². The van der Waals surface area contributed by atoms with E-state index in [-0.39, 0.29) is 18.1 Å². The van der Waals surface area contributed by atoms with Gasteiger partial charge in [-0.3, -0.25) is 9.78 Å². The van der Waals surface area contributed by atoms with Crippen molar-refractivity contribution in [1.82, 2.24) is 10.3 Å². The first-order valence-corrected chi connectivity index (χ1v) is 8.29. The van der Waals surface area contributed by atoms with Crippen LogP contribution < -0.4 is 15.7 Å². The third kappa shape index (κ3) is 3.59. The van der Waals surface area contributed by atoms with Gasteiger partial charge >= 0.3 is 5.63 Å². The highest BCUT2D eigenvalue weighted by molar-refractivity contribution is 5.85. The number of hydrogen-bond donors (Lipinski definition) is 1. The van der Waals surface area contributed by atoms with Crippen LogP contribution in [0.15, 0.2) is 45.9 Å². The van der Waals surface area contributed by atoms with Gasteiger partial charge in [0.1, 0.15) is 11.3 Å². The largest absolute Gasteiger partial charge is 0.483 e. The van der Waals surface area contributed by atoms with Gasteiger partial charge in [0.15, 0.2) is 6.61 Å². The van der Waals surface area contributed by atoms with E-state index in [2.05, 4.69) is 10.3 Å². The predicted octanol–water partition coefficient (Wildman–Crippen LogP) is 2.81. The van der Waals surface area contributed by atoms with E-state index in [0.717, 1.165) is 16.5 Å². The van der Waals surface area contributed by atoms with Crippen molar-refractivity contribution in [1.29, 1.82) is 0 Å². The summed E-state index contributed by atoms with van der Waals surface area (Å²) in [5, 5.41) is 3.64. The topological polar surface area (TPSA) is 81.4 Å². The molecule has 0 aliphatic carbocycles. The summed E-state index contributed by atoms with van der Waals surface area (Å²) >= 11 is 0. The van der Waals surface area contributed by atoms with E-state index in [9.17, 15) is 9.59 Å². The van der Waals surface area contributed by atoms with Crippen molar-refractivity contribution in [2.24, 2.45) is 0 Å². The second kappa shape index (κ2) is 7.39. The van der Waals surface area contributed by atoms with Crippen LogP contribution in [0.2, 0.25) is 0 Å². The second-order valence-electron chi connectivity index (χ2n) is 6.13. The third-order valence-corrected chi connectivity index (χ3v) is 4.39. The number of aromatic nitrogens is 1. The molecule has 0 saturated carbocycles. The lowest BCUT2D eigenvalue weighted by atomic mass is 10.0. The van der Waals surface area contributed by atoms with Gasteiger partial charge in [-0.15, -0.1) is 0 Å². The number of benzene rings is 1. The number of pyridine rings is 1. The molecule has 1 N–H and O–H groups in total. The highest BCUT2D eigenvalue weighted by atomic mass is 16.5. The van der Waals surface area contributed by atoms with Crippen LogP contribution in [-0.2, 0) is 11.3 Å². The van der Waals surface area contributed by atoms with E-state index >= 15 is 0 Å². The fourth-order valence-corrected chi connectivity index (χ4v) is 2.68. The van der Waals surface area contributed by atoms with Crippen molar-refractivity contribution in [3.8, 4) is 5.75 Å². The Morgan fingerprint density at radius 1 is 1.15 bits per heavy atom. The first-order valence-electron chi connectivity index (χ1n) is 8.29. The number of ether oxygens (including phenoxy) is 1. The van der Waals surface area contributed by atoms with Crippen molar-refractivity contribution in [2.45, 2.75) is 27.3 Å². The van der Waals surface area contributed by atoms with E-state index in [0.29, 0.717) is 29.0 Å². The lowest BCUT2D eigenvalue weighted by Crippen LogP contribution is -2.28. The Balaban J connectivity index is 1.71. The maximum atomic E-state index is 12.0. The van der Waals surface area contributed by atoms with Gasteiger partial charge in [-0.05, 0) is 50.1 Å². The third-order valence-electron chi connectivity index (χ3n) is 4.39. The average molecular weight is 352 g/mol. The molecule has 6 nitrogen and oxygen atoms in total. The Labute approximate surface area is 150 Å². The standard InChI is InChI=1S/C20H20N2O4/c1-12-13(2)20(24)26-19-14(3)17(7-6-16(12)19)25-11-18(23)22-10-15-5-4-8-21-9-15/h4-9H,10-11H2,1-3H3,(H,22,23). The molecule has 0 aliphatic rings. The molecule has 0 unspecified atom stereocenters. The number of nitrogens with one attached hydrogen (secondary N) is 1. The van der Waals surface area contributed by atoms with Crippen molar-refractivity contribution in [3.05, 3.63) is 69.3 Å². The first kappa shape index (κ1) is 17.7. The lowest BCUT2D eigenvalue weighted by Gasteiger charge is -2.12. The SMILES string of the molecule is Cc1c(C)c2ccc(OCC(=O)NCc3cccnc3)c(C)c2oc1=O. The van der Waals surface area contributed by atoms with Crippen molar-refractivity contribution < 1.29 is 13.9 Å². The Morgan fingerprint density at radius 2 is 1.96 bits per heavy atom. The predicted molar refractivity (Wildman–Crippen MR) is 98.3 cm³/mol. The minimum atomic E-state index is -0.357. The molecular formula is C20H20N2O4. The molecule has 2 aromatic heterocycles. The van der Waals surface area contributed by atoms with E-state index in [1.54, 1.807) is 25.4 Å². The smallest absolute Gasteiger partial charge is 0.339 e. The number of fused-ring (bicyclic) bond motifs is 1. The van der Waals surface area contributed by atoms with Gasteiger partial charge in [-0.1, -0.05) is 6.07 Å². The summed E-state index contributed by atoms with van der Waals surface area (Å²) in [5.74, 6) is 0.273. The van der Waals surface area contributed by atoms with Crippen LogP contribution in [0.5, 0.6) is 5.75 Å². The van der Waals surface area contributed by atoms with Crippen LogP contribution in [0.1, 0.15) is 22.3 Å². The Morgan fingerprint density at radius 3 is 2.69 bits per heavy atom. The minimum Gasteiger partial charge on any atom is -0.483 e. The zero-order chi connectivity index (χ0) is 18.7. The number of amides is 1. The molecule has 0 saturated heterocycles. The molecule has 26 heavy (non-hydrogen) atoms. The maximum absolute atomic E-state index is 12.0. The van der Waals surface area contributed by atoms with E-state index < -0.39 is 0 Å². The van der Waals surface area contributed by atoms with Gasteiger partial charge in [0, 0.05) is 35.5 Å². The van der Waals surface area contributed by atoms with Crippen LogP contribution in [0, 0.1) is 20.8 Å². The minimum absolute atomic E-state index is 0.123. The monoisotopic (exact) mass is 352 g/mol. The number of aryl methyl sites for hydroxylation is 2. The summed E-state index contributed by atoms with van der Waals surface area (Å²) in [6.07, 6.45) is 3.37. The second-order valence-corrected chi connectivity index (χ2v) is 6.13. The summed E-state index contributed by atoms with van der Waals surface area (Å²) < 4.78 is 11.0. The molecule has 3 aromatic rings. The molecule has 134 valence electrons. The number of rotatable bonds is 5. The summed E-state index contributed by atoms with van der Waals surface area (Å²) in [7, 11) is 0. The number of carbonyl (C=O) groups excluding carboxylic acids is 1. The molecular weight excluding hydrogens is 332 g/mol. The molecule has 2 heterocycles. The molecule has 0 fully saturated rings. The molecule has 1 aromatic carbocycles. The first-order chi connectivity index (χ1) is 12.5. The number of hydrogen-bond acceptors (Lipinski definition) is 5. The molecule has 0 bridgehead atoms. The molecule has 3 rings (SSSR count). The quantitative estimate of drug-likeness (QED) is 0.714. The number of carbonyl (C=O) groups is 1. The Hall–Kier alpha value is -3.15. The van der Waals surface area contributed by atoms with Gasteiger partial charge in [0.25, 0.3) is 5.91 Å². The number of nitrogens with zero attached hydrogens (tertiary/aromatic N) is 1. The van der Waals surface area contributed by atoms with Gasteiger partial charge in [-0.25, -0.2) is 4.79 Å². The van der Waals surface area contributed by atoms with Crippen LogP contribution in [0.3, 0.4) is 0 Å². The van der Waals surface area contributed by atoms with Gasteiger partial charge in [-0.2, -0.15) is 0 Å². The fourth-order valence-electron chi connectivity index (χ4n) is 2.68. The molecule has 1 amide bonds. The average Bonchev–Trinajstić information content (AvgIpc) is 2.65. The van der Waals surface area contributed by atoms with Gasteiger partial charge < -0.3 is 14.5 Å². The van der Waals surface area contributed by atoms with Crippen molar-refractivity contribution >= 4 is 16.9 Å². The molecule has 0 atom stereocenters. The van der Waals surface area contributed by atoms with E-state index in [1.807, 2.05) is 32.0 Å². The summed E-state index contributed by atoms with van der Waals surface area (Å²) in [5.41, 5.74) is 3.23. The van der Waals surface area contributed by atoms with Crippen LogP contribution in [-0.4, -0.2) is 17.5 Å². The van der Waals surface area contributed by atoms with E-state index in [4.69, 9.17) is 9.15 Å². The highest BCUT2D eigenvalue weighted by Gasteiger charge is 2.13. The zero-order valence-electron chi connectivity index (χ0n) is 15.0. The summed E-state index contributed by atoms with van der Waals surface area (Å²) in [4.78, 5) is 27.9. The van der Waals surface area contributed by atoms with Crippen molar-refractivity contribution in [2.75, 3.05) is 6.61 Å². The molecule has 0 radical (unpaired) electrons. The fraction of sp³-hybridized carbons (Fsp3) is 0.250. The zero-order valence-corrected chi connectivity index (χ0v) is 15.0.